The Kier molecular flexibility index (Phi) is 8.02. The highest BCUT2D eigenvalue weighted by atomic mass is 28.3. The van der Waals surface area contributed by atoms with Gasteiger partial charge in [-0.25, -0.2) is 4.79 Å². The van der Waals surface area contributed by atoms with Crippen LogP contribution in [0, 0.1) is 0 Å². The Labute approximate surface area is 136 Å². The Bertz CT molecular complexity index is 461. The monoisotopic (exact) mass is 324 g/mol. The Hall–Kier alpha value is -1.16. The molecule has 0 rings (SSSR count). The van der Waals surface area contributed by atoms with Crippen molar-refractivity contribution < 1.29 is 14.3 Å². The van der Waals surface area contributed by atoms with Gasteiger partial charge in [0.05, 0.1) is 0 Å². The summed E-state index contributed by atoms with van der Waals surface area (Å²) in [6.45, 7) is 16.2. The summed E-state index contributed by atoms with van der Waals surface area (Å²) >= 11 is 0. The third-order valence-electron chi connectivity index (χ3n) is 4.37. The molecule has 0 spiro atoms. The molecule has 0 amide bonds. The maximum atomic E-state index is 12.3. The molecule has 3 nitrogen and oxygen atoms in total. The summed E-state index contributed by atoms with van der Waals surface area (Å²) in [5, 5.41) is -0.477. The van der Waals surface area contributed by atoms with E-state index in [2.05, 4.69) is 19.9 Å². The van der Waals surface area contributed by atoms with Crippen molar-refractivity contribution in [3.05, 3.63) is 23.3 Å². The van der Waals surface area contributed by atoms with Crippen LogP contribution in [-0.4, -0.2) is 26.1 Å². The molecule has 0 aromatic rings. The molecule has 0 aliphatic rings. The summed E-state index contributed by atoms with van der Waals surface area (Å²) in [5.41, 5.74) is 2.48. The highest BCUT2D eigenvalue weighted by molar-refractivity contribution is 7.13. The molecule has 0 saturated heterocycles. The smallest absolute Gasteiger partial charge is 0.369 e. The van der Waals surface area contributed by atoms with Crippen LogP contribution in [-0.2, 0) is 14.3 Å². The fourth-order valence-corrected chi connectivity index (χ4v) is 2.88. The summed E-state index contributed by atoms with van der Waals surface area (Å²) in [4.78, 5) is 24.2. The van der Waals surface area contributed by atoms with Crippen molar-refractivity contribution >= 4 is 19.4 Å². The van der Waals surface area contributed by atoms with Gasteiger partial charge >= 0.3 is 5.97 Å². The van der Waals surface area contributed by atoms with E-state index >= 15 is 0 Å². The molecule has 0 heterocycles. The number of hydrogen-bond acceptors (Lipinski definition) is 3. The minimum Gasteiger partial charge on any atom is -0.456 e. The Morgan fingerprint density at radius 3 is 2.05 bits per heavy atom. The molecule has 0 aliphatic carbocycles. The van der Waals surface area contributed by atoms with Crippen molar-refractivity contribution in [2.75, 3.05) is 6.61 Å². The lowest BCUT2D eigenvalue weighted by atomic mass is 10.1. The standard InChI is InChI=1S/C18H32O3Si/c1-14(2)10-9-11-15(3)12-13-21-16(19)17(20)22(7,8)18(4,5)6/h10,12H,9,11,13H2,1-8H3/b15-12+. The van der Waals surface area contributed by atoms with E-state index in [1.807, 2.05) is 46.9 Å². The average Bonchev–Trinajstić information content (AvgIpc) is 2.35. The van der Waals surface area contributed by atoms with Crippen molar-refractivity contribution in [2.45, 2.75) is 72.5 Å². The van der Waals surface area contributed by atoms with E-state index in [4.69, 9.17) is 4.74 Å². The average molecular weight is 325 g/mol. The predicted molar refractivity (Wildman–Crippen MR) is 95.6 cm³/mol. The van der Waals surface area contributed by atoms with Crippen LogP contribution in [0.4, 0.5) is 0 Å². The molecule has 0 atom stereocenters. The number of ether oxygens (including phenoxy) is 1. The number of allylic oxidation sites excluding steroid dienone is 3. The first kappa shape index (κ1) is 20.8. The number of carbonyl (C=O) groups is 2. The lowest BCUT2D eigenvalue weighted by molar-refractivity contribution is -0.149. The summed E-state index contributed by atoms with van der Waals surface area (Å²) in [5.74, 6) is -0.681. The maximum absolute atomic E-state index is 12.3. The van der Waals surface area contributed by atoms with Crippen molar-refractivity contribution in [1.82, 2.24) is 0 Å². The maximum Gasteiger partial charge on any atom is 0.369 e. The van der Waals surface area contributed by atoms with E-state index in [-0.39, 0.29) is 17.1 Å². The summed E-state index contributed by atoms with van der Waals surface area (Å²) in [7, 11) is -2.32. The molecule has 0 aliphatic heterocycles. The zero-order chi connectivity index (χ0) is 17.6. The molecule has 0 unspecified atom stereocenters. The highest BCUT2D eigenvalue weighted by Gasteiger charge is 2.46. The minimum atomic E-state index is -2.32. The predicted octanol–water partition coefficient (Wildman–Crippen LogP) is 4.84. The molecule has 0 aromatic heterocycles. The van der Waals surface area contributed by atoms with Crippen molar-refractivity contribution in [3.63, 3.8) is 0 Å². The van der Waals surface area contributed by atoms with Gasteiger partial charge in [-0.1, -0.05) is 51.1 Å². The van der Waals surface area contributed by atoms with Crippen LogP contribution in [0.5, 0.6) is 0 Å². The number of carbonyl (C=O) groups excluding carboxylic acids is 2. The zero-order valence-corrected chi connectivity index (χ0v) is 16.5. The first-order chi connectivity index (χ1) is 9.89. The van der Waals surface area contributed by atoms with E-state index in [0.29, 0.717) is 0 Å². The second-order valence-corrected chi connectivity index (χ2v) is 12.9. The molecule has 0 radical (unpaired) electrons. The molecule has 0 saturated carbocycles. The van der Waals surface area contributed by atoms with Crippen LogP contribution in [0.2, 0.25) is 18.1 Å². The van der Waals surface area contributed by atoms with Crippen LogP contribution in [0.25, 0.3) is 0 Å². The van der Waals surface area contributed by atoms with Gasteiger partial charge in [0.25, 0.3) is 0 Å². The second kappa shape index (κ2) is 8.46. The second-order valence-electron chi connectivity index (χ2n) is 7.67. The van der Waals surface area contributed by atoms with Crippen LogP contribution in [0.1, 0.15) is 54.4 Å². The van der Waals surface area contributed by atoms with E-state index < -0.39 is 14.0 Å². The SMILES string of the molecule is CC(C)=CCC/C(C)=C/COC(=O)C(=O)[Si](C)(C)C(C)(C)C. The van der Waals surface area contributed by atoms with Gasteiger partial charge in [0.1, 0.15) is 14.7 Å². The summed E-state index contributed by atoms with van der Waals surface area (Å²) in [6, 6.07) is 0. The van der Waals surface area contributed by atoms with Gasteiger partial charge in [-0.05, 0) is 44.7 Å². The van der Waals surface area contributed by atoms with Crippen LogP contribution in [0.15, 0.2) is 23.3 Å². The molecule has 4 heteroatoms. The van der Waals surface area contributed by atoms with Gasteiger partial charge in [-0.15, -0.1) is 0 Å². The van der Waals surface area contributed by atoms with Crippen LogP contribution in [0.3, 0.4) is 0 Å². The molecular formula is C18H32O3Si. The summed E-state index contributed by atoms with van der Waals surface area (Å²) < 4.78 is 5.14. The number of rotatable bonds is 7. The van der Waals surface area contributed by atoms with Crippen molar-refractivity contribution in [1.29, 1.82) is 0 Å². The molecular weight excluding hydrogens is 292 g/mol. The van der Waals surface area contributed by atoms with Gasteiger partial charge in [-0.2, -0.15) is 0 Å². The molecule has 0 bridgehead atoms. The van der Waals surface area contributed by atoms with E-state index in [0.717, 1.165) is 12.8 Å². The Morgan fingerprint density at radius 2 is 1.59 bits per heavy atom. The van der Waals surface area contributed by atoms with E-state index in [9.17, 15) is 9.59 Å². The lowest BCUT2D eigenvalue weighted by Crippen LogP contribution is -2.50. The first-order valence-corrected chi connectivity index (χ1v) is 10.9. The topological polar surface area (TPSA) is 43.4 Å². The van der Waals surface area contributed by atoms with Gasteiger partial charge in [0.15, 0.2) is 0 Å². The Morgan fingerprint density at radius 1 is 1.05 bits per heavy atom. The third-order valence-corrected chi connectivity index (χ3v) is 9.45. The van der Waals surface area contributed by atoms with Gasteiger partial charge < -0.3 is 4.74 Å². The van der Waals surface area contributed by atoms with Gasteiger partial charge in [-0.3, -0.25) is 4.79 Å². The molecule has 0 N–H and O–H groups in total. The highest BCUT2D eigenvalue weighted by Crippen LogP contribution is 2.36. The molecule has 0 fully saturated rings. The fraction of sp³-hybridized carbons (Fsp3) is 0.667. The van der Waals surface area contributed by atoms with E-state index in [1.165, 1.54) is 11.1 Å². The normalized spacial score (nSPS) is 12.8. The van der Waals surface area contributed by atoms with Crippen LogP contribution >= 0.6 is 0 Å². The largest absolute Gasteiger partial charge is 0.456 e. The molecule has 126 valence electrons. The molecule has 0 aromatic carbocycles. The van der Waals surface area contributed by atoms with Crippen LogP contribution < -0.4 is 0 Å². The molecule has 22 heavy (non-hydrogen) atoms. The van der Waals surface area contributed by atoms with Gasteiger partial charge in [0, 0.05) is 0 Å². The number of esters is 1. The lowest BCUT2D eigenvalue weighted by Gasteiger charge is -2.33. The fourth-order valence-electron chi connectivity index (χ4n) is 1.61. The number of hydrogen-bond donors (Lipinski definition) is 0. The Balaban J connectivity index is 4.46. The van der Waals surface area contributed by atoms with Gasteiger partial charge in [0.2, 0.25) is 5.41 Å². The van der Waals surface area contributed by atoms with Crippen molar-refractivity contribution in [2.24, 2.45) is 0 Å². The van der Waals surface area contributed by atoms with Crippen molar-refractivity contribution in [3.8, 4) is 0 Å². The van der Waals surface area contributed by atoms with E-state index in [1.54, 1.807) is 0 Å². The third kappa shape index (κ3) is 6.73. The summed E-state index contributed by atoms with van der Waals surface area (Å²) in [6.07, 6.45) is 6.00. The zero-order valence-electron chi connectivity index (χ0n) is 15.5. The quantitative estimate of drug-likeness (QED) is 0.291. The minimum absolute atomic E-state index is 0.154. The first-order valence-electron chi connectivity index (χ1n) is 7.90.